The predicted molar refractivity (Wildman–Crippen MR) is 83.7 cm³/mol. The molecule has 122 valence electrons. The fraction of sp³-hybridized carbons (Fsp3) is 0.400. The summed E-state index contributed by atoms with van der Waals surface area (Å²) in [5.41, 5.74) is 0. The molecule has 0 bridgehead atoms. The Bertz CT molecular complexity index is 671. The maximum atomic E-state index is 14.0. The Kier molecular flexibility index (Phi) is 4.76. The lowest BCUT2D eigenvalue weighted by Gasteiger charge is -2.33. The smallest absolute Gasteiger partial charge is 0.316 e. The minimum absolute atomic E-state index is 0.131. The van der Waals surface area contributed by atoms with Gasteiger partial charge in [-0.2, -0.15) is 9.97 Å². The van der Waals surface area contributed by atoms with Crippen LogP contribution in [-0.4, -0.2) is 41.3 Å². The number of rotatable bonds is 4. The lowest BCUT2D eigenvalue weighted by atomic mass is 10.1. The summed E-state index contributed by atoms with van der Waals surface area (Å²) in [5, 5.41) is 0.280. The van der Waals surface area contributed by atoms with Gasteiger partial charge in [0.2, 0.25) is 0 Å². The quantitative estimate of drug-likeness (QED) is 0.854. The van der Waals surface area contributed by atoms with Crippen LogP contribution in [0.5, 0.6) is 11.8 Å². The lowest BCUT2D eigenvalue weighted by Crippen LogP contribution is -2.42. The molecule has 2 aromatic heterocycles. The second-order valence-electron chi connectivity index (χ2n) is 5.19. The van der Waals surface area contributed by atoms with Crippen LogP contribution in [0.3, 0.4) is 0 Å². The molecule has 1 aliphatic heterocycles. The van der Waals surface area contributed by atoms with Gasteiger partial charge in [0.25, 0.3) is 0 Å². The average molecular weight is 339 g/mol. The molecule has 3 rings (SSSR count). The van der Waals surface area contributed by atoms with E-state index in [-0.39, 0.29) is 17.1 Å². The molecule has 1 fully saturated rings. The molecule has 1 saturated heterocycles. The minimum atomic E-state index is -0.432. The van der Waals surface area contributed by atoms with Crippen molar-refractivity contribution in [1.29, 1.82) is 0 Å². The summed E-state index contributed by atoms with van der Waals surface area (Å²) in [4.78, 5) is 14.1. The number of methoxy groups -OCH3 is 1. The summed E-state index contributed by atoms with van der Waals surface area (Å²) in [6.07, 6.45) is 6.11. The van der Waals surface area contributed by atoms with E-state index in [1.165, 1.54) is 12.3 Å². The molecule has 1 atom stereocenters. The van der Waals surface area contributed by atoms with Gasteiger partial charge in [-0.1, -0.05) is 11.6 Å². The molecule has 2 aromatic rings. The molecule has 0 aromatic carbocycles. The predicted octanol–water partition coefficient (Wildman–Crippen LogP) is 2.72. The monoisotopic (exact) mass is 338 g/mol. The Balaban J connectivity index is 1.67. The van der Waals surface area contributed by atoms with Crippen LogP contribution >= 0.6 is 11.6 Å². The number of anilines is 1. The maximum Gasteiger partial charge on any atom is 0.316 e. The van der Waals surface area contributed by atoms with Crippen LogP contribution in [0, 0.1) is 5.82 Å². The van der Waals surface area contributed by atoms with E-state index >= 15 is 0 Å². The number of halogens is 2. The first kappa shape index (κ1) is 15.7. The van der Waals surface area contributed by atoms with Gasteiger partial charge >= 0.3 is 6.01 Å². The summed E-state index contributed by atoms with van der Waals surface area (Å²) < 4.78 is 24.8. The topological polar surface area (TPSA) is 60.4 Å². The molecule has 23 heavy (non-hydrogen) atoms. The number of hydrogen-bond donors (Lipinski definition) is 0. The van der Waals surface area contributed by atoms with Crippen LogP contribution in [0.15, 0.2) is 24.7 Å². The molecular weight excluding hydrogens is 323 g/mol. The van der Waals surface area contributed by atoms with Crippen LogP contribution in [-0.2, 0) is 0 Å². The van der Waals surface area contributed by atoms with Crippen molar-refractivity contribution in [3.8, 4) is 11.8 Å². The van der Waals surface area contributed by atoms with Crippen LogP contribution < -0.4 is 14.4 Å². The van der Waals surface area contributed by atoms with Crippen molar-refractivity contribution in [3.63, 3.8) is 0 Å². The number of hydrogen-bond acceptors (Lipinski definition) is 6. The van der Waals surface area contributed by atoms with E-state index in [4.69, 9.17) is 21.1 Å². The van der Waals surface area contributed by atoms with Gasteiger partial charge in [-0.15, -0.1) is 0 Å². The van der Waals surface area contributed by atoms with Crippen molar-refractivity contribution in [3.05, 3.63) is 35.5 Å². The highest BCUT2D eigenvalue weighted by molar-refractivity contribution is 6.30. The molecule has 0 saturated carbocycles. The van der Waals surface area contributed by atoms with E-state index in [2.05, 4.69) is 15.0 Å². The molecule has 0 radical (unpaired) electrons. The van der Waals surface area contributed by atoms with E-state index in [1.54, 1.807) is 19.5 Å². The Morgan fingerprint density at radius 3 is 2.74 bits per heavy atom. The number of nitrogens with zero attached hydrogens (tertiary/aromatic N) is 4. The van der Waals surface area contributed by atoms with E-state index in [1.807, 2.05) is 4.90 Å². The first-order valence-electron chi connectivity index (χ1n) is 7.24. The SMILES string of the molecule is COc1cnc(OC2CCCN(c3ncc(Cl)cc3F)C2)nc1. The fourth-order valence-electron chi connectivity index (χ4n) is 2.49. The molecule has 6 nitrogen and oxygen atoms in total. The van der Waals surface area contributed by atoms with Gasteiger partial charge in [0.1, 0.15) is 6.10 Å². The van der Waals surface area contributed by atoms with Crippen LogP contribution in [0.1, 0.15) is 12.8 Å². The Hall–Kier alpha value is -2.15. The summed E-state index contributed by atoms with van der Waals surface area (Å²) in [5.74, 6) is 0.423. The van der Waals surface area contributed by atoms with Crippen molar-refractivity contribution in [2.75, 3.05) is 25.1 Å². The molecule has 8 heteroatoms. The fourth-order valence-corrected chi connectivity index (χ4v) is 2.63. The lowest BCUT2D eigenvalue weighted by molar-refractivity contribution is 0.163. The van der Waals surface area contributed by atoms with Crippen molar-refractivity contribution in [2.24, 2.45) is 0 Å². The van der Waals surface area contributed by atoms with Crippen LogP contribution in [0.4, 0.5) is 10.2 Å². The van der Waals surface area contributed by atoms with Gasteiger partial charge in [0.15, 0.2) is 17.4 Å². The van der Waals surface area contributed by atoms with Crippen molar-refractivity contribution < 1.29 is 13.9 Å². The third kappa shape index (κ3) is 3.79. The second-order valence-corrected chi connectivity index (χ2v) is 5.63. The van der Waals surface area contributed by atoms with E-state index in [0.717, 1.165) is 19.4 Å². The maximum absolute atomic E-state index is 14.0. The highest BCUT2D eigenvalue weighted by Crippen LogP contribution is 2.24. The first-order chi connectivity index (χ1) is 11.2. The normalized spacial score (nSPS) is 17.9. The van der Waals surface area contributed by atoms with Crippen molar-refractivity contribution in [1.82, 2.24) is 15.0 Å². The van der Waals surface area contributed by atoms with Gasteiger partial charge in [0, 0.05) is 12.7 Å². The average Bonchev–Trinajstić information content (AvgIpc) is 2.56. The molecule has 3 heterocycles. The number of aromatic nitrogens is 3. The largest absolute Gasteiger partial charge is 0.494 e. The highest BCUT2D eigenvalue weighted by Gasteiger charge is 2.25. The van der Waals surface area contributed by atoms with E-state index in [9.17, 15) is 4.39 Å². The zero-order valence-corrected chi connectivity index (χ0v) is 13.3. The van der Waals surface area contributed by atoms with E-state index in [0.29, 0.717) is 18.1 Å². The van der Waals surface area contributed by atoms with Gasteiger partial charge in [0.05, 0.1) is 31.1 Å². The van der Waals surface area contributed by atoms with Crippen LogP contribution in [0.25, 0.3) is 0 Å². The second kappa shape index (κ2) is 6.95. The highest BCUT2D eigenvalue weighted by atomic mass is 35.5. The molecule has 0 spiro atoms. The number of ether oxygens (including phenoxy) is 2. The molecule has 1 unspecified atom stereocenters. The number of piperidine rings is 1. The van der Waals surface area contributed by atoms with Gasteiger partial charge < -0.3 is 14.4 Å². The van der Waals surface area contributed by atoms with Gasteiger partial charge in [-0.05, 0) is 18.9 Å². The zero-order chi connectivity index (χ0) is 16.2. The third-order valence-corrected chi connectivity index (χ3v) is 3.79. The summed E-state index contributed by atoms with van der Waals surface area (Å²) in [6.45, 7) is 1.23. The first-order valence-corrected chi connectivity index (χ1v) is 7.62. The van der Waals surface area contributed by atoms with Gasteiger partial charge in [-0.25, -0.2) is 9.37 Å². The summed E-state index contributed by atoms with van der Waals surface area (Å²) in [6, 6.07) is 1.54. The minimum Gasteiger partial charge on any atom is -0.494 e. The van der Waals surface area contributed by atoms with Crippen molar-refractivity contribution >= 4 is 17.4 Å². The molecule has 1 aliphatic rings. The molecule has 0 N–H and O–H groups in total. The molecule has 0 amide bonds. The van der Waals surface area contributed by atoms with E-state index < -0.39 is 5.82 Å². The Morgan fingerprint density at radius 2 is 2.04 bits per heavy atom. The van der Waals surface area contributed by atoms with Gasteiger partial charge in [-0.3, -0.25) is 0 Å². The molecule has 0 aliphatic carbocycles. The van der Waals surface area contributed by atoms with Crippen LogP contribution in [0.2, 0.25) is 5.02 Å². The summed E-state index contributed by atoms with van der Waals surface area (Å²) in [7, 11) is 1.55. The summed E-state index contributed by atoms with van der Waals surface area (Å²) >= 11 is 5.74. The molecular formula is C15H16ClFN4O2. The van der Waals surface area contributed by atoms with Crippen molar-refractivity contribution in [2.45, 2.75) is 18.9 Å². The Labute approximate surface area is 138 Å². The third-order valence-electron chi connectivity index (χ3n) is 3.58. The standard InChI is InChI=1S/C15H16ClFN4O2/c1-22-12-7-19-15(20-8-12)23-11-3-2-4-21(9-11)14-13(17)5-10(16)6-18-14/h5-8,11H,2-4,9H2,1H3. The zero-order valence-electron chi connectivity index (χ0n) is 12.6. The number of pyridine rings is 1. The Morgan fingerprint density at radius 1 is 1.26 bits per heavy atom.